The molecule has 6 heteroatoms. The predicted molar refractivity (Wildman–Crippen MR) is 62.8 cm³/mol. The molecule has 0 aliphatic carbocycles. The third kappa shape index (κ3) is 4.93. The normalized spacial score (nSPS) is 19.6. The van der Waals surface area contributed by atoms with Crippen LogP contribution < -0.4 is 0 Å². The van der Waals surface area contributed by atoms with E-state index in [1.165, 1.54) is 24.1 Å². The van der Waals surface area contributed by atoms with Crippen LogP contribution in [0.25, 0.3) is 0 Å². The van der Waals surface area contributed by atoms with Crippen LogP contribution in [0.5, 0.6) is 0 Å². The lowest BCUT2D eigenvalue weighted by Crippen LogP contribution is -2.32. The van der Waals surface area contributed by atoms with Gasteiger partial charge < -0.3 is 17.8 Å². The summed E-state index contributed by atoms with van der Waals surface area (Å²) in [5.74, 6) is -0.481. The van der Waals surface area contributed by atoms with E-state index in [0.29, 0.717) is 26.4 Å². The highest BCUT2D eigenvalue weighted by molar-refractivity contribution is 7.94. The summed E-state index contributed by atoms with van der Waals surface area (Å²) in [5.41, 5.74) is 0. The van der Waals surface area contributed by atoms with Gasteiger partial charge in [-0.05, 0) is 24.1 Å². The summed E-state index contributed by atoms with van der Waals surface area (Å²) in [6.07, 6.45) is 5.32. The molecule has 15 heavy (non-hydrogen) atoms. The Bertz CT molecular complexity index is 150. The first-order valence-corrected chi connectivity index (χ1v) is 7.22. The second-order valence-electron chi connectivity index (χ2n) is 3.08. The van der Waals surface area contributed by atoms with Crippen molar-refractivity contribution in [3.63, 3.8) is 0 Å². The van der Waals surface area contributed by atoms with Crippen molar-refractivity contribution < 1.29 is 17.8 Å². The van der Waals surface area contributed by atoms with Gasteiger partial charge in [0.2, 0.25) is 0 Å². The molecule has 0 aromatic rings. The van der Waals surface area contributed by atoms with Gasteiger partial charge in [0.15, 0.2) is 5.79 Å². The zero-order chi connectivity index (χ0) is 11.0. The molecule has 0 saturated carbocycles. The molecule has 0 unspecified atom stereocenters. The van der Waals surface area contributed by atoms with Gasteiger partial charge in [0.05, 0.1) is 26.4 Å². The fraction of sp³-hybridized carbons (Fsp3) is 1.00. The molecule has 1 fully saturated rings. The minimum absolute atomic E-state index is 0.481. The van der Waals surface area contributed by atoms with Crippen LogP contribution in [0.2, 0.25) is 0 Å². The molecule has 0 spiro atoms. The van der Waals surface area contributed by atoms with E-state index in [9.17, 15) is 0 Å². The Labute approximate surface area is 99.8 Å². The highest BCUT2D eigenvalue weighted by atomic mass is 32.2. The van der Waals surface area contributed by atoms with Crippen molar-refractivity contribution >= 4 is 24.1 Å². The third-order valence-corrected chi connectivity index (χ3v) is 2.99. The molecule has 0 aromatic carbocycles. The summed E-state index contributed by atoms with van der Waals surface area (Å²) in [7, 11) is 0. The van der Waals surface area contributed by atoms with E-state index in [1.807, 2.05) is 12.5 Å². The largest absolute Gasteiger partial charge is 0.347 e. The standard InChI is InChI=1S/C9H18O4S2/c1-14-12-5-3-9(4-6-13-15-2)10-7-8-11-9/h3-8H2,1-2H3. The molecule has 1 rings (SSSR count). The monoisotopic (exact) mass is 254 g/mol. The smallest absolute Gasteiger partial charge is 0.172 e. The van der Waals surface area contributed by atoms with Gasteiger partial charge >= 0.3 is 0 Å². The van der Waals surface area contributed by atoms with E-state index in [1.54, 1.807) is 0 Å². The molecule has 0 amide bonds. The summed E-state index contributed by atoms with van der Waals surface area (Å²) in [5, 5.41) is 0. The molecule has 1 heterocycles. The van der Waals surface area contributed by atoms with Crippen LogP contribution >= 0.6 is 24.1 Å². The Hall–Kier alpha value is 0.540. The first-order chi connectivity index (χ1) is 7.33. The zero-order valence-electron chi connectivity index (χ0n) is 9.19. The van der Waals surface area contributed by atoms with Gasteiger partial charge in [-0.2, -0.15) is 0 Å². The van der Waals surface area contributed by atoms with Gasteiger partial charge in [-0.1, -0.05) is 0 Å². The Morgan fingerprint density at radius 2 is 1.47 bits per heavy atom. The summed E-state index contributed by atoms with van der Waals surface area (Å²) < 4.78 is 21.7. The van der Waals surface area contributed by atoms with Crippen molar-refractivity contribution in [1.82, 2.24) is 0 Å². The van der Waals surface area contributed by atoms with Crippen molar-refractivity contribution in [3.8, 4) is 0 Å². The van der Waals surface area contributed by atoms with E-state index in [-0.39, 0.29) is 0 Å². The molecule has 0 aromatic heterocycles. The molecule has 4 nitrogen and oxygen atoms in total. The number of hydrogen-bond donors (Lipinski definition) is 0. The zero-order valence-corrected chi connectivity index (χ0v) is 10.8. The second-order valence-corrected chi connectivity index (χ2v) is 4.22. The van der Waals surface area contributed by atoms with E-state index in [4.69, 9.17) is 17.8 Å². The fourth-order valence-electron chi connectivity index (χ4n) is 1.47. The van der Waals surface area contributed by atoms with Gasteiger partial charge in [0, 0.05) is 25.4 Å². The Balaban J connectivity index is 2.26. The Morgan fingerprint density at radius 3 is 1.87 bits per heavy atom. The maximum Gasteiger partial charge on any atom is 0.172 e. The maximum absolute atomic E-state index is 5.63. The minimum Gasteiger partial charge on any atom is -0.347 e. The molecule has 0 N–H and O–H groups in total. The van der Waals surface area contributed by atoms with Crippen LogP contribution in [-0.4, -0.2) is 44.7 Å². The van der Waals surface area contributed by atoms with Gasteiger partial charge in [0.25, 0.3) is 0 Å². The minimum atomic E-state index is -0.481. The number of ether oxygens (including phenoxy) is 2. The summed E-state index contributed by atoms with van der Waals surface area (Å²) in [4.78, 5) is 0. The van der Waals surface area contributed by atoms with Crippen LogP contribution in [0.4, 0.5) is 0 Å². The van der Waals surface area contributed by atoms with Gasteiger partial charge in [-0.15, -0.1) is 0 Å². The summed E-state index contributed by atoms with van der Waals surface area (Å²) >= 11 is 2.73. The van der Waals surface area contributed by atoms with Crippen LogP contribution in [-0.2, 0) is 17.8 Å². The first-order valence-electron chi connectivity index (χ1n) is 4.92. The van der Waals surface area contributed by atoms with E-state index < -0.39 is 5.79 Å². The number of rotatable bonds is 8. The molecular weight excluding hydrogens is 236 g/mol. The van der Waals surface area contributed by atoms with Gasteiger partial charge in [-0.3, -0.25) is 0 Å². The van der Waals surface area contributed by atoms with Crippen molar-refractivity contribution in [2.75, 3.05) is 38.9 Å². The summed E-state index contributed by atoms with van der Waals surface area (Å²) in [6, 6.07) is 0. The van der Waals surface area contributed by atoms with Crippen LogP contribution in [0.3, 0.4) is 0 Å². The molecule has 1 aliphatic heterocycles. The van der Waals surface area contributed by atoms with E-state index in [0.717, 1.165) is 12.8 Å². The van der Waals surface area contributed by atoms with Crippen LogP contribution in [0.15, 0.2) is 0 Å². The quantitative estimate of drug-likeness (QED) is 0.488. The Kier molecular flexibility index (Phi) is 7.03. The average Bonchev–Trinajstić information content (AvgIpc) is 2.68. The first kappa shape index (κ1) is 13.6. The lowest BCUT2D eigenvalue weighted by molar-refractivity contribution is -0.173. The average molecular weight is 254 g/mol. The van der Waals surface area contributed by atoms with Crippen LogP contribution in [0.1, 0.15) is 12.8 Å². The molecule has 0 bridgehead atoms. The molecular formula is C9H18O4S2. The second kappa shape index (κ2) is 7.76. The Morgan fingerprint density at radius 1 is 1.00 bits per heavy atom. The number of hydrogen-bond acceptors (Lipinski definition) is 6. The topological polar surface area (TPSA) is 36.9 Å². The van der Waals surface area contributed by atoms with E-state index in [2.05, 4.69) is 0 Å². The van der Waals surface area contributed by atoms with Gasteiger partial charge in [-0.25, -0.2) is 0 Å². The lowest BCUT2D eigenvalue weighted by Gasteiger charge is -2.26. The maximum atomic E-state index is 5.63. The molecule has 1 saturated heterocycles. The highest BCUT2D eigenvalue weighted by Gasteiger charge is 2.35. The fourth-order valence-corrected chi connectivity index (χ4v) is 1.97. The highest BCUT2D eigenvalue weighted by Crippen LogP contribution is 2.28. The van der Waals surface area contributed by atoms with Crippen molar-refractivity contribution in [1.29, 1.82) is 0 Å². The van der Waals surface area contributed by atoms with Crippen molar-refractivity contribution in [3.05, 3.63) is 0 Å². The molecule has 0 radical (unpaired) electrons. The lowest BCUT2D eigenvalue weighted by atomic mass is 10.1. The van der Waals surface area contributed by atoms with Crippen molar-refractivity contribution in [2.45, 2.75) is 18.6 Å². The van der Waals surface area contributed by atoms with Gasteiger partial charge in [0.1, 0.15) is 0 Å². The van der Waals surface area contributed by atoms with Crippen LogP contribution in [0, 0.1) is 0 Å². The molecule has 0 atom stereocenters. The van der Waals surface area contributed by atoms with Crippen molar-refractivity contribution in [2.24, 2.45) is 0 Å². The third-order valence-electron chi connectivity index (χ3n) is 2.18. The SMILES string of the molecule is CSOCCC1(CCOSC)OCCO1. The molecule has 1 aliphatic rings. The molecule has 90 valence electrons. The van der Waals surface area contributed by atoms with E-state index >= 15 is 0 Å². The predicted octanol–water partition coefficient (Wildman–Crippen LogP) is 2.10. The summed E-state index contributed by atoms with van der Waals surface area (Å²) in [6.45, 7) is 2.61.